The molecule has 0 unspecified atom stereocenters. The third kappa shape index (κ3) is 7.26. The zero-order valence-corrected chi connectivity index (χ0v) is 23.1. The van der Waals surface area contributed by atoms with Gasteiger partial charge in [-0.25, -0.2) is 9.78 Å². The second-order valence-electron chi connectivity index (χ2n) is 10.1. The molecular weight excluding hydrogens is 528 g/mol. The first-order valence-corrected chi connectivity index (χ1v) is 13.0. The van der Waals surface area contributed by atoms with Gasteiger partial charge >= 0.3 is 5.76 Å². The van der Waals surface area contributed by atoms with Crippen LogP contribution >= 0.6 is 0 Å². The van der Waals surface area contributed by atoms with Crippen LogP contribution in [0.1, 0.15) is 43.6 Å². The molecule has 2 heterocycles. The average Bonchev–Trinajstić information content (AvgIpc) is 3.35. The summed E-state index contributed by atoms with van der Waals surface area (Å²) in [6.45, 7) is 7.32. The molecule has 0 aliphatic heterocycles. The first-order chi connectivity index (χ1) is 19.5. The normalized spacial score (nSPS) is 11.1. The maximum atomic E-state index is 13.4. The Morgan fingerprint density at radius 2 is 1.76 bits per heavy atom. The fourth-order valence-corrected chi connectivity index (χ4v) is 4.06. The number of rotatable bonds is 10. The van der Waals surface area contributed by atoms with Gasteiger partial charge in [-0.05, 0) is 51.5 Å². The molecule has 13 heteroatoms. The van der Waals surface area contributed by atoms with Gasteiger partial charge in [-0.15, -0.1) is 0 Å². The van der Waals surface area contributed by atoms with Gasteiger partial charge in [0.05, 0.1) is 11.9 Å². The Kier molecular flexibility index (Phi) is 8.66. The summed E-state index contributed by atoms with van der Waals surface area (Å²) < 4.78 is 5.83. The second kappa shape index (κ2) is 12.3. The highest BCUT2D eigenvalue weighted by Crippen LogP contribution is 2.23. The van der Waals surface area contributed by atoms with Crippen molar-refractivity contribution in [3.63, 3.8) is 0 Å². The molecular formula is C28H32N8O5. The number of hydrogen-bond acceptors (Lipinski definition) is 9. The van der Waals surface area contributed by atoms with Crippen LogP contribution in [0.15, 0.2) is 62.8 Å². The van der Waals surface area contributed by atoms with Crippen LogP contribution < -0.4 is 33.0 Å². The molecule has 0 bridgehead atoms. The zero-order chi connectivity index (χ0) is 29.7. The third-order valence-electron chi connectivity index (χ3n) is 5.87. The van der Waals surface area contributed by atoms with Crippen molar-refractivity contribution in [1.29, 1.82) is 0 Å². The van der Waals surface area contributed by atoms with E-state index in [4.69, 9.17) is 5.73 Å². The number of aromatic nitrogens is 4. The molecule has 0 aliphatic carbocycles. The number of benzene rings is 2. The average molecular weight is 561 g/mol. The van der Waals surface area contributed by atoms with E-state index < -0.39 is 17.2 Å². The van der Waals surface area contributed by atoms with E-state index in [9.17, 15) is 19.2 Å². The van der Waals surface area contributed by atoms with Gasteiger partial charge in [0.1, 0.15) is 6.54 Å². The van der Waals surface area contributed by atoms with Gasteiger partial charge in [-0.3, -0.25) is 28.5 Å². The molecule has 4 aromatic rings. The molecule has 2 amide bonds. The van der Waals surface area contributed by atoms with Crippen LogP contribution in [0.2, 0.25) is 0 Å². The fraction of sp³-hybridized carbons (Fsp3) is 0.286. The molecule has 214 valence electrons. The number of nitrogen functional groups attached to an aromatic ring is 1. The van der Waals surface area contributed by atoms with Crippen molar-refractivity contribution in [3.05, 3.63) is 80.7 Å². The van der Waals surface area contributed by atoms with Crippen molar-refractivity contribution < 1.29 is 14.1 Å². The van der Waals surface area contributed by atoms with Crippen LogP contribution in [0.4, 0.5) is 11.5 Å². The van der Waals surface area contributed by atoms with E-state index in [-0.39, 0.29) is 36.9 Å². The number of carbonyl (C=O) groups excluding carboxylic acids is 2. The fourth-order valence-electron chi connectivity index (χ4n) is 4.06. The molecule has 0 atom stereocenters. The number of amides is 2. The molecule has 0 saturated carbocycles. The summed E-state index contributed by atoms with van der Waals surface area (Å²) in [5.41, 5.74) is 8.48. The van der Waals surface area contributed by atoms with Crippen molar-refractivity contribution in [1.82, 2.24) is 30.3 Å². The van der Waals surface area contributed by atoms with Crippen LogP contribution in [-0.2, 0) is 17.9 Å². The van der Waals surface area contributed by atoms with E-state index in [1.165, 1.54) is 10.8 Å². The first-order valence-electron chi connectivity index (χ1n) is 13.0. The molecule has 0 saturated heterocycles. The predicted octanol–water partition coefficient (Wildman–Crippen LogP) is 2.11. The lowest BCUT2D eigenvalue weighted by Crippen LogP contribution is -2.35. The zero-order valence-electron chi connectivity index (χ0n) is 23.1. The summed E-state index contributed by atoms with van der Waals surface area (Å²) in [5.74, 6) is -0.983. The van der Waals surface area contributed by atoms with Crippen LogP contribution in [0.25, 0.3) is 22.6 Å². The van der Waals surface area contributed by atoms with Crippen molar-refractivity contribution in [2.45, 2.75) is 52.9 Å². The molecule has 0 aliphatic rings. The second-order valence-corrected chi connectivity index (χ2v) is 10.1. The standard InChI is InChI=1S/C28H32N8O5/c1-15(2)32-25-27(39)36(22(13-31-25)19-9-20(11-21(29)10-19)26(38)33-16(3)4)14-23(37)30-12-17-5-7-18(8-6-17)24-34-28(40)41-35-24/h5-11,13,15-16H,12,14,29H2,1-4H3,(H,30,37)(H,31,32)(H,33,38)(H,34,35,40). The summed E-state index contributed by atoms with van der Waals surface area (Å²) in [5, 5.41) is 12.3. The minimum absolute atomic E-state index is 0.0694. The van der Waals surface area contributed by atoms with E-state index >= 15 is 0 Å². The largest absolute Gasteiger partial charge is 0.439 e. The van der Waals surface area contributed by atoms with Crippen molar-refractivity contribution >= 4 is 23.3 Å². The lowest BCUT2D eigenvalue weighted by atomic mass is 10.1. The number of aromatic amines is 1. The molecule has 2 aromatic heterocycles. The summed E-state index contributed by atoms with van der Waals surface area (Å²) in [6, 6.07) is 11.6. The number of nitrogens with two attached hydrogens (primary N) is 1. The lowest BCUT2D eigenvalue weighted by molar-refractivity contribution is -0.121. The number of hydrogen-bond donors (Lipinski definition) is 5. The lowest BCUT2D eigenvalue weighted by Gasteiger charge is -2.17. The summed E-state index contributed by atoms with van der Waals surface area (Å²) >= 11 is 0. The maximum absolute atomic E-state index is 13.4. The van der Waals surface area contributed by atoms with Crippen LogP contribution in [0, 0.1) is 0 Å². The summed E-state index contributed by atoms with van der Waals surface area (Å²) in [4.78, 5) is 57.1. The highest BCUT2D eigenvalue weighted by atomic mass is 16.5. The third-order valence-corrected chi connectivity index (χ3v) is 5.87. The summed E-state index contributed by atoms with van der Waals surface area (Å²) in [6.07, 6.45) is 1.48. The molecule has 0 fully saturated rings. The molecule has 6 N–H and O–H groups in total. The van der Waals surface area contributed by atoms with Gasteiger partial charge in [0.2, 0.25) is 5.91 Å². The summed E-state index contributed by atoms with van der Waals surface area (Å²) in [7, 11) is 0. The van der Waals surface area contributed by atoms with Crippen LogP contribution in [-0.4, -0.2) is 43.6 Å². The van der Waals surface area contributed by atoms with Crippen LogP contribution in [0.3, 0.4) is 0 Å². The smallest absolute Gasteiger partial charge is 0.399 e. The van der Waals surface area contributed by atoms with Gasteiger partial charge in [0, 0.05) is 41.0 Å². The van der Waals surface area contributed by atoms with E-state index in [2.05, 4.69) is 35.6 Å². The van der Waals surface area contributed by atoms with E-state index in [1.54, 1.807) is 42.5 Å². The monoisotopic (exact) mass is 560 g/mol. The Morgan fingerprint density at radius 3 is 2.39 bits per heavy atom. The number of nitrogens with one attached hydrogen (secondary N) is 4. The molecule has 4 rings (SSSR count). The molecule has 2 aromatic carbocycles. The Balaban J connectivity index is 1.59. The number of anilines is 2. The number of carbonyl (C=O) groups is 2. The van der Waals surface area contributed by atoms with Gasteiger partial charge < -0.3 is 21.7 Å². The Bertz CT molecular complexity index is 1670. The maximum Gasteiger partial charge on any atom is 0.439 e. The highest BCUT2D eigenvalue weighted by molar-refractivity contribution is 5.96. The predicted molar refractivity (Wildman–Crippen MR) is 154 cm³/mol. The minimum Gasteiger partial charge on any atom is -0.399 e. The molecule has 0 spiro atoms. The molecule has 0 radical (unpaired) electrons. The van der Waals surface area contributed by atoms with Crippen molar-refractivity contribution in [2.75, 3.05) is 11.1 Å². The Labute approximate surface area is 235 Å². The van der Waals surface area contributed by atoms with Crippen LogP contribution in [0.5, 0.6) is 0 Å². The van der Waals surface area contributed by atoms with E-state index in [0.29, 0.717) is 33.9 Å². The first kappa shape index (κ1) is 28.8. The topological polar surface area (TPSA) is 190 Å². The van der Waals surface area contributed by atoms with Gasteiger partial charge in [-0.1, -0.05) is 29.4 Å². The number of nitrogens with zero attached hydrogens (tertiary/aromatic N) is 3. The Morgan fingerprint density at radius 1 is 1.02 bits per heavy atom. The minimum atomic E-state index is -0.651. The van der Waals surface area contributed by atoms with Crippen molar-refractivity contribution in [3.8, 4) is 22.6 Å². The molecule has 41 heavy (non-hydrogen) atoms. The number of H-pyrrole nitrogens is 1. The van der Waals surface area contributed by atoms with Gasteiger partial charge in [0.25, 0.3) is 11.5 Å². The van der Waals surface area contributed by atoms with E-state index in [0.717, 1.165) is 5.56 Å². The van der Waals surface area contributed by atoms with E-state index in [1.807, 2.05) is 27.7 Å². The Hall–Kier alpha value is -5.20. The highest BCUT2D eigenvalue weighted by Gasteiger charge is 2.18. The quantitative estimate of drug-likeness (QED) is 0.181. The SMILES string of the molecule is CC(C)NC(=O)c1cc(N)cc(-c2cnc(NC(C)C)c(=O)n2CC(=O)NCc2ccc(-c3noc(=O)[nH]3)cc2)c1. The van der Waals surface area contributed by atoms with Gasteiger partial charge in [-0.2, -0.15) is 0 Å². The van der Waals surface area contributed by atoms with Gasteiger partial charge in [0.15, 0.2) is 11.6 Å². The van der Waals surface area contributed by atoms with Crippen molar-refractivity contribution in [2.24, 2.45) is 0 Å². The molecule has 13 nitrogen and oxygen atoms in total.